The van der Waals surface area contributed by atoms with Crippen LogP contribution in [0.2, 0.25) is 0 Å². The Kier molecular flexibility index (Phi) is 7.05. The molecule has 0 radical (unpaired) electrons. The fourth-order valence-corrected chi connectivity index (χ4v) is 6.08. The Hall–Kier alpha value is -2.54. The molecule has 2 aliphatic heterocycles. The number of halogens is 3. The van der Waals surface area contributed by atoms with Gasteiger partial charge in [0.15, 0.2) is 0 Å². The highest BCUT2D eigenvalue weighted by Crippen LogP contribution is 2.38. The SMILES string of the molecule is O=C(C1CCCCC1)N1c2ccccc2CCC1CN1CCN(c2ccccc2C(F)(F)F)CC1. The molecule has 1 aliphatic carbocycles. The topological polar surface area (TPSA) is 26.8 Å². The first kappa shape index (κ1) is 24.2. The number of carbonyl (C=O) groups excluding carboxylic acids is 1. The standard InChI is InChI=1S/C28H34F3N3O/c29-28(30,31)24-11-5-7-13-26(24)33-18-16-32(17-19-33)20-23-15-14-21-8-4-6-12-25(21)34(23)27(35)22-9-2-1-3-10-22/h4-8,11-13,22-23H,1-3,9-10,14-20H2. The zero-order valence-electron chi connectivity index (χ0n) is 20.1. The van der Waals surface area contributed by atoms with Crippen LogP contribution in [-0.4, -0.2) is 49.6 Å². The Morgan fingerprint density at radius 1 is 0.829 bits per heavy atom. The molecule has 2 aromatic carbocycles. The lowest BCUT2D eigenvalue weighted by Gasteiger charge is -2.44. The highest BCUT2D eigenvalue weighted by molar-refractivity contribution is 5.97. The second-order valence-corrected chi connectivity index (χ2v) is 10.2. The second-order valence-electron chi connectivity index (χ2n) is 10.2. The molecule has 1 amide bonds. The third kappa shape index (κ3) is 5.20. The molecule has 0 N–H and O–H groups in total. The van der Waals surface area contributed by atoms with E-state index in [-0.39, 0.29) is 23.6 Å². The van der Waals surface area contributed by atoms with E-state index in [4.69, 9.17) is 0 Å². The number of fused-ring (bicyclic) bond motifs is 1. The fraction of sp³-hybridized carbons (Fsp3) is 0.536. The maximum absolute atomic E-state index is 13.7. The van der Waals surface area contributed by atoms with E-state index < -0.39 is 11.7 Å². The molecule has 1 unspecified atom stereocenters. The smallest absolute Gasteiger partial charge is 0.368 e. The summed E-state index contributed by atoms with van der Waals surface area (Å²) in [6.07, 6.45) is 2.93. The van der Waals surface area contributed by atoms with Crippen molar-refractivity contribution in [1.82, 2.24) is 4.90 Å². The molecule has 3 aliphatic rings. The third-order valence-corrected chi connectivity index (χ3v) is 7.95. The van der Waals surface area contributed by atoms with Crippen LogP contribution in [0.4, 0.5) is 24.5 Å². The first-order valence-corrected chi connectivity index (χ1v) is 13.0. The molecule has 4 nitrogen and oxygen atoms in total. The lowest BCUT2D eigenvalue weighted by atomic mass is 9.86. The molecular weight excluding hydrogens is 451 g/mol. The molecule has 0 spiro atoms. The van der Waals surface area contributed by atoms with Gasteiger partial charge in [0.25, 0.3) is 0 Å². The number of amides is 1. The van der Waals surface area contributed by atoms with E-state index in [2.05, 4.69) is 21.9 Å². The number of alkyl halides is 3. The van der Waals surface area contributed by atoms with Crippen molar-refractivity contribution in [2.45, 2.75) is 57.2 Å². The number of para-hydroxylation sites is 2. The number of rotatable bonds is 4. The lowest BCUT2D eigenvalue weighted by molar-refractivity contribution is -0.137. The van der Waals surface area contributed by atoms with Gasteiger partial charge in [0.2, 0.25) is 5.91 Å². The van der Waals surface area contributed by atoms with Gasteiger partial charge in [-0.1, -0.05) is 49.6 Å². The Labute approximate surface area is 205 Å². The number of nitrogens with zero attached hydrogens (tertiary/aromatic N) is 3. The maximum atomic E-state index is 13.7. The van der Waals surface area contributed by atoms with Gasteiger partial charge in [-0.15, -0.1) is 0 Å². The van der Waals surface area contributed by atoms with Crippen LogP contribution in [0.1, 0.15) is 49.7 Å². The van der Waals surface area contributed by atoms with Gasteiger partial charge < -0.3 is 9.80 Å². The summed E-state index contributed by atoms with van der Waals surface area (Å²) in [6, 6.07) is 14.2. The number of benzene rings is 2. The quantitative estimate of drug-likeness (QED) is 0.551. The second kappa shape index (κ2) is 10.2. The van der Waals surface area contributed by atoms with Crippen molar-refractivity contribution < 1.29 is 18.0 Å². The monoisotopic (exact) mass is 485 g/mol. The van der Waals surface area contributed by atoms with Crippen LogP contribution in [-0.2, 0) is 17.4 Å². The van der Waals surface area contributed by atoms with Crippen molar-refractivity contribution in [3.05, 3.63) is 59.7 Å². The number of carbonyl (C=O) groups is 1. The van der Waals surface area contributed by atoms with Crippen molar-refractivity contribution in [1.29, 1.82) is 0 Å². The minimum absolute atomic E-state index is 0.105. The Balaban J connectivity index is 1.29. The fourth-order valence-electron chi connectivity index (χ4n) is 6.08. The van der Waals surface area contributed by atoms with Gasteiger partial charge in [-0.05, 0) is 49.4 Å². The normalized spacial score (nSPS) is 22.2. The Bertz CT molecular complexity index is 1030. The van der Waals surface area contributed by atoms with Crippen LogP contribution >= 0.6 is 0 Å². The van der Waals surface area contributed by atoms with Gasteiger partial charge in [0.1, 0.15) is 0 Å². The first-order chi connectivity index (χ1) is 16.9. The zero-order chi connectivity index (χ0) is 24.4. The van der Waals surface area contributed by atoms with Crippen LogP contribution in [0, 0.1) is 5.92 Å². The van der Waals surface area contributed by atoms with Crippen molar-refractivity contribution in [3.8, 4) is 0 Å². The van der Waals surface area contributed by atoms with Gasteiger partial charge in [0, 0.05) is 56.1 Å². The largest absolute Gasteiger partial charge is 0.418 e. The number of aryl methyl sites for hydroxylation is 1. The maximum Gasteiger partial charge on any atom is 0.418 e. The number of hydrogen-bond donors (Lipinski definition) is 0. The highest BCUT2D eigenvalue weighted by Gasteiger charge is 2.38. The number of hydrogen-bond acceptors (Lipinski definition) is 3. The minimum atomic E-state index is -4.36. The molecule has 5 rings (SSSR count). The van der Waals surface area contributed by atoms with E-state index >= 15 is 0 Å². The molecule has 1 saturated carbocycles. The van der Waals surface area contributed by atoms with E-state index in [1.165, 1.54) is 18.1 Å². The van der Waals surface area contributed by atoms with Crippen molar-refractivity contribution >= 4 is 17.3 Å². The lowest BCUT2D eigenvalue weighted by Crippen LogP contribution is -2.55. The van der Waals surface area contributed by atoms with Gasteiger partial charge >= 0.3 is 6.18 Å². The first-order valence-electron chi connectivity index (χ1n) is 13.0. The summed E-state index contributed by atoms with van der Waals surface area (Å²) in [7, 11) is 0. The molecule has 35 heavy (non-hydrogen) atoms. The molecule has 1 saturated heterocycles. The summed E-state index contributed by atoms with van der Waals surface area (Å²) in [4.78, 5) is 20.0. The highest BCUT2D eigenvalue weighted by atomic mass is 19.4. The van der Waals surface area contributed by atoms with Crippen molar-refractivity contribution in [3.63, 3.8) is 0 Å². The van der Waals surface area contributed by atoms with Gasteiger partial charge in [0.05, 0.1) is 5.56 Å². The van der Waals surface area contributed by atoms with E-state index in [1.807, 2.05) is 17.0 Å². The summed E-state index contributed by atoms with van der Waals surface area (Å²) < 4.78 is 40.5. The average molecular weight is 486 g/mol. The molecule has 2 aromatic rings. The van der Waals surface area contributed by atoms with E-state index in [0.29, 0.717) is 26.2 Å². The summed E-state index contributed by atoms with van der Waals surface area (Å²) in [6.45, 7) is 3.24. The van der Waals surface area contributed by atoms with E-state index in [0.717, 1.165) is 56.8 Å². The van der Waals surface area contributed by atoms with E-state index in [9.17, 15) is 18.0 Å². The summed E-state index contributed by atoms with van der Waals surface area (Å²) >= 11 is 0. The average Bonchev–Trinajstić information content (AvgIpc) is 2.89. The Morgan fingerprint density at radius 2 is 1.49 bits per heavy atom. The summed E-state index contributed by atoms with van der Waals surface area (Å²) in [5.74, 6) is 0.368. The van der Waals surface area contributed by atoms with Crippen molar-refractivity contribution in [2.24, 2.45) is 5.92 Å². The third-order valence-electron chi connectivity index (χ3n) is 7.95. The minimum Gasteiger partial charge on any atom is -0.368 e. The number of piperazine rings is 1. The molecule has 0 bridgehead atoms. The molecule has 0 aromatic heterocycles. The molecule has 1 atom stereocenters. The molecule has 2 fully saturated rings. The predicted octanol–water partition coefficient (Wildman–Crippen LogP) is 5.76. The van der Waals surface area contributed by atoms with Crippen LogP contribution in [0.3, 0.4) is 0 Å². The van der Waals surface area contributed by atoms with Gasteiger partial charge in [-0.3, -0.25) is 9.69 Å². The van der Waals surface area contributed by atoms with Crippen LogP contribution < -0.4 is 9.80 Å². The predicted molar refractivity (Wildman–Crippen MR) is 133 cm³/mol. The van der Waals surface area contributed by atoms with E-state index in [1.54, 1.807) is 12.1 Å². The van der Waals surface area contributed by atoms with Crippen LogP contribution in [0.15, 0.2) is 48.5 Å². The Morgan fingerprint density at radius 3 is 2.20 bits per heavy atom. The number of anilines is 2. The van der Waals surface area contributed by atoms with Gasteiger partial charge in [-0.25, -0.2) is 0 Å². The van der Waals surface area contributed by atoms with Crippen LogP contribution in [0.5, 0.6) is 0 Å². The molecule has 2 heterocycles. The molecular formula is C28H34F3N3O. The summed E-state index contributed by atoms with van der Waals surface area (Å²) in [5, 5.41) is 0. The molecule has 7 heteroatoms. The van der Waals surface area contributed by atoms with Crippen molar-refractivity contribution in [2.75, 3.05) is 42.5 Å². The van der Waals surface area contributed by atoms with Gasteiger partial charge in [-0.2, -0.15) is 13.2 Å². The summed E-state index contributed by atoms with van der Waals surface area (Å²) in [5.41, 5.74) is 1.99. The van der Waals surface area contributed by atoms with Crippen LogP contribution in [0.25, 0.3) is 0 Å². The zero-order valence-corrected chi connectivity index (χ0v) is 20.1. The molecule has 188 valence electrons.